The van der Waals surface area contributed by atoms with E-state index in [9.17, 15) is 4.39 Å². The molecule has 2 atom stereocenters. The summed E-state index contributed by atoms with van der Waals surface area (Å²) in [5, 5.41) is -0.899. The van der Waals surface area contributed by atoms with Crippen LogP contribution in [0.25, 0.3) is 0 Å². The Hall–Kier alpha value is 0.360. The van der Waals surface area contributed by atoms with Gasteiger partial charge in [0.2, 0.25) is 0 Å². The van der Waals surface area contributed by atoms with Gasteiger partial charge in [-0.15, -0.1) is 0 Å². The summed E-state index contributed by atoms with van der Waals surface area (Å²) in [4.78, 5) is 0. The predicted octanol–water partition coefficient (Wildman–Crippen LogP) is 3.52. The van der Waals surface area contributed by atoms with Crippen LogP contribution in [-0.2, 0) is 0 Å². The molecule has 0 radical (unpaired) electrons. The SMILES string of the molecule is CC1(C)CCC2(CC1)CC2(F)P. The average Bonchev–Trinajstić information content (AvgIpc) is 2.45. The molecule has 0 nitrogen and oxygen atoms in total. The van der Waals surface area contributed by atoms with Crippen LogP contribution in [0.2, 0.25) is 0 Å². The lowest BCUT2D eigenvalue weighted by Gasteiger charge is -2.35. The summed E-state index contributed by atoms with van der Waals surface area (Å²) in [6.07, 6.45) is 5.39. The van der Waals surface area contributed by atoms with Crippen molar-refractivity contribution in [3.05, 3.63) is 0 Å². The second-order valence-electron chi connectivity index (χ2n) is 5.48. The van der Waals surface area contributed by atoms with Gasteiger partial charge in [0.05, 0.1) is 0 Å². The maximum Gasteiger partial charge on any atom is 0.130 e. The zero-order valence-corrected chi connectivity index (χ0v) is 9.15. The lowest BCUT2D eigenvalue weighted by Crippen LogP contribution is -2.25. The zero-order valence-electron chi connectivity index (χ0n) is 7.99. The second-order valence-corrected chi connectivity index (χ2v) is 6.40. The van der Waals surface area contributed by atoms with Crippen LogP contribution in [0, 0.1) is 10.8 Å². The van der Waals surface area contributed by atoms with Gasteiger partial charge in [0.15, 0.2) is 0 Å². The molecule has 0 aromatic carbocycles. The van der Waals surface area contributed by atoms with Crippen molar-refractivity contribution in [2.75, 3.05) is 0 Å². The highest BCUT2D eigenvalue weighted by Crippen LogP contribution is 2.71. The van der Waals surface area contributed by atoms with E-state index in [0.717, 1.165) is 19.3 Å². The molecule has 0 aromatic rings. The standard InChI is InChI=1S/C10H18FP/c1-8(2)3-5-9(6-4-8)7-10(9,11)12/h3-7,12H2,1-2H3. The molecule has 2 fully saturated rings. The number of rotatable bonds is 0. The van der Waals surface area contributed by atoms with Crippen molar-refractivity contribution in [1.82, 2.24) is 0 Å². The van der Waals surface area contributed by atoms with E-state index >= 15 is 0 Å². The van der Waals surface area contributed by atoms with Gasteiger partial charge in [-0.05, 0) is 37.5 Å². The van der Waals surface area contributed by atoms with Crippen molar-refractivity contribution >= 4 is 9.24 Å². The molecule has 0 aromatic heterocycles. The van der Waals surface area contributed by atoms with Gasteiger partial charge in [-0.1, -0.05) is 23.1 Å². The molecule has 0 saturated heterocycles. The summed E-state index contributed by atoms with van der Waals surface area (Å²) in [5.41, 5.74) is 0.543. The lowest BCUT2D eigenvalue weighted by molar-refractivity contribution is 0.149. The van der Waals surface area contributed by atoms with Crippen molar-refractivity contribution in [1.29, 1.82) is 0 Å². The molecule has 2 aliphatic carbocycles. The number of alkyl halides is 1. The fourth-order valence-corrected chi connectivity index (χ4v) is 3.13. The number of halogens is 1. The van der Waals surface area contributed by atoms with Crippen LogP contribution in [-0.4, -0.2) is 5.41 Å². The smallest absolute Gasteiger partial charge is 0.130 e. The molecule has 2 aliphatic rings. The largest absolute Gasteiger partial charge is 0.239 e. The van der Waals surface area contributed by atoms with Crippen LogP contribution < -0.4 is 0 Å². The molecule has 70 valence electrons. The highest BCUT2D eigenvalue weighted by atomic mass is 31.0. The maximum atomic E-state index is 13.6. The first-order chi connectivity index (χ1) is 5.37. The lowest BCUT2D eigenvalue weighted by atomic mass is 9.71. The summed E-state index contributed by atoms with van der Waals surface area (Å²) in [5.74, 6) is 0. The Labute approximate surface area is 76.5 Å². The van der Waals surface area contributed by atoms with Gasteiger partial charge >= 0.3 is 0 Å². The molecule has 2 rings (SSSR count). The van der Waals surface area contributed by atoms with Crippen LogP contribution in [0.5, 0.6) is 0 Å². The van der Waals surface area contributed by atoms with Crippen LogP contribution in [0.15, 0.2) is 0 Å². The Morgan fingerprint density at radius 3 is 1.83 bits per heavy atom. The molecule has 2 saturated carbocycles. The Balaban J connectivity index is 2.01. The highest BCUT2D eigenvalue weighted by molar-refractivity contribution is 7.19. The predicted molar refractivity (Wildman–Crippen MR) is 52.8 cm³/mol. The van der Waals surface area contributed by atoms with E-state index < -0.39 is 5.41 Å². The molecular weight excluding hydrogens is 170 g/mol. The van der Waals surface area contributed by atoms with E-state index in [2.05, 4.69) is 23.1 Å². The first kappa shape index (κ1) is 8.94. The van der Waals surface area contributed by atoms with Crippen LogP contribution in [0.3, 0.4) is 0 Å². The van der Waals surface area contributed by atoms with Crippen molar-refractivity contribution in [3.8, 4) is 0 Å². The van der Waals surface area contributed by atoms with Gasteiger partial charge in [0.25, 0.3) is 0 Å². The Bertz CT molecular complexity index is 198. The summed E-state index contributed by atoms with van der Waals surface area (Å²) < 4.78 is 13.6. The van der Waals surface area contributed by atoms with Crippen molar-refractivity contribution in [3.63, 3.8) is 0 Å². The minimum absolute atomic E-state index is 0.0766. The minimum atomic E-state index is -0.899. The third-order valence-electron chi connectivity index (χ3n) is 3.91. The van der Waals surface area contributed by atoms with Crippen molar-refractivity contribution in [2.24, 2.45) is 10.8 Å². The van der Waals surface area contributed by atoms with E-state index in [4.69, 9.17) is 0 Å². The topological polar surface area (TPSA) is 0 Å². The molecule has 0 amide bonds. The van der Waals surface area contributed by atoms with Crippen LogP contribution in [0.1, 0.15) is 46.0 Å². The quantitative estimate of drug-likeness (QED) is 0.510. The van der Waals surface area contributed by atoms with Crippen molar-refractivity contribution < 1.29 is 4.39 Å². The zero-order chi connectivity index (χ0) is 9.04. The Morgan fingerprint density at radius 2 is 1.50 bits per heavy atom. The average molecular weight is 188 g/mol. The van der Waals surface area contributed by atoms with Gasteiger partial charge in [-0.3, -0.25) is 0 Å². The fraction of sp³-hybridized carbons (Fsp3) is 1.00. The summed E-state index contributed by atoms with van der Waals surface area (Å²) in [6.45, 7) is 4.59. The molecule has 2 unspecified atom stereocenters. The fourth-order valence-electron chi connectivity index (χ4n) is 2.45. The molecule has 0 bridgehead atoms. The molecule has 0 heterocycles. The molecule has 12 heavy (non-hydrogen) atoms. The minimum Gasteiger partial charge on any atom is -0.239 e. The first-order valence-corrected chi connectivity index (χ1v) is 5.43. The van der Waals surface area contributed by atoms with E-state index in [1.54, 1.807) is 0 Å². The molecule has 2 heteroatoms. The van der Waals surface area contributed by atoms with E-state index in [1.807, 2.05) is 0 Å². The summed E-state index contributed by atoms with van der Waals surface area (Å²) in [7, 11) is 2.40. The summed E-state index contributed by atoms with van der Waals surface area (Å²) >= 11 is 0. The number of hydrogen-bond acceptors (Lipinski definition) is 0. The van der Waals surface area contributed by atoms with Gasteiger partial charge in [0.1, 0.15) is 5.41 Å². The third-order valence-corrected chi connectivity index (χ3v) is 4.73. The van der Waals surface area contributed by atoms with E-state index in [-0.39, 0.29) is 5.41 Å². The van der Waals surface area contributed by atoms with Gasteiger partial charge in [-0.25, -0.2) is 4.39 Å². The van der Waals surface area contributed by atoms with Gasteiger partial charge in [-0.2, -0.15) is 0 Å². The van der Waals surface area contributed by atoms with Gasteiger partial charge < -0.3 is 0 Å². The van der Waals surface area contributed by atoms with Crippen LogP contribution in [0.4, 0.5) is 4.39 Å². The van der Waals surface area contributed by atoms with Gasteiger partial charge in [0, 0.05) is 5.41 Å². The second kappa shape index (κ2) is 2.23. The molecule has 0 N–H and O–H groups in total. The van der Waals surface area contributed by atoms with E-state index in [0.29, 0.717) is 5.41 Å². The summed E-state index contributed by atoms with van der Waals surface area (Å²) in [6, 6.07) is 0. The first-order valence-electron chi connectivity index (χ1n) is 4.85. The van der Waals surface area contributed by atoms with Crippen molar-refractivity contribution in [2.45, 2.75) is 51.4 Å². The monoisotopic (exact) mass is 188 g/mol. The molecule has 0 aliphatic heterocycles. The third kappa shape index (κ3) is 1.21. The van der Waals surface area contributed by atoms with E-state index in [1.165, 1.54) is 12.8 Å². The highest BCUT2D eigenvalue weighted by Gasteiger charge is 2.66. The molecule has 1 spiro atoms. The Morgan fingerprint density at radius 1 is 1.08 bits per heavy atom. The molecular formula is C10H18FP. The Kier molecular flexibility index (Phi) is 1.66. The normalized spacial score (nSPS) is 43.0. The number of hydrogen-bond donors (Lipinski definition) is 0. The van der Waals surface area contributed by atoms with Crippen LogP contribution >= 0.6 is 9.24 Å². The maximum absolute atomic E-state index is 13.6.